The van der Waals surface area contributed by atoms with E-state index in [1.165, 1.54) is 0 Å². The molecular weight excluding hydrogens is 380 g/mol. The van der Waals surface area contributed by atoms with E-state index in [-0.39, 0.29) is 30.3 Å². The maximum atomic E-state index is 13.0. The molecule has 3 heterocycles. The number of halogens is 1. The number of hydrogen-bond acceptors (Lipinski definition) is 5. The predicted molar refractivity (Wildman–Crippen MR) is 104 cm³/mol. The Kier molecular flexibility index (Phi) is 5.43. The number of hydrogen-bond donors (Lipinski definition) is 0. The molecule has 146 valence electrons. The van der Waals surface area contributed by atoms with Gasteiger partial charge in [0, 0.05) is 42.6 Å². The zero-order chi connectivity index (χ0) is 19.5. The minimum absolute atomic E-state index is 0.00657. The van der Waals surface area contributed by atoms with Gasteiger partial charge in [0.1, 0.15) is 6.10 Å². The van der Waals surface area contributed by atoms with Crippen LogP contribution in [0.4, 0.5) is 5.69 Å². The van der Waals surface area contributed by atoms with Gasteiger partial charge in [-0.2, -0.15) is 0 Å². The maximum absolute atomic E-state index is 13.0. The van der Waals surface area contributed by atoms with Gasteiger partial charge < -0.3 is 14.5 Å². The van der Waals surface area contributed by atoms with E-state index in [0.29, 0.717) is 30.7 Å². The normalized spacial score (nSPS) is 22.4. The maximum Gasteiger partial charge on any atom is 0.316 e. The van der Waals surface area contributed by atoms with Gasteiger partial charge in [-0.3, -0.25) is 9.59 Å². The first-order valence-corrected chi connectivity index (χ1v) is 9.76. The molecule has 7 nitrogen and oxygen atoms in total. The molecule has 0 bridgehead atoms. The molecule has 0 radical (unpaired) electrons. The second-order valence-corrected chi connectivity index (χ2v) is 7.52. The largest absolute Gasteiger partial charge is 0.458 e. The monoisotopic (exact) mass is 400 g/mol. The molecule has 2 saturated heterocycles. The quantitative estimate of drug-likeness (QED) is 0.788. The third kappa shape index (κ3) is 4.09. The van der Waals surface area contributed by atoms with Crippen LogP contribution in [0.1, 0.15) is 19.3 Å². The lowest BCUT2D eigenvalue weighted by Gasteiger charge is -2.33. The summed E-state index contributed by atoms with van der Waals surface area (Å²) in [7, 11) is 0. The van der Waals surface area contributed by atoms with Crippen LogP contribution in [0.15, 0.2) is 42.7 Å². The van der Waals surface area contributed by atoms with Crippen molar-refractivity contribution in [2.45, 2.75) is 25.4 Å². The number of carbonyl (C=O) groups excluding carboxylic acids is 2. The Balaban J connectivity index is 1.38. The lowest BCUT2D eigenvalue weighted by atomic mass is 10.0. The van der Waals surface area contributed by atoms with Crippen LogP contribution in [0.25, 0.3) is 0 Å². The lowest BCUT2D eigenvalue weighted by molar-refractivity contribution is -0.138. The number of anilines is 1. The number of likely N-dealkylation sites (tertiary alicyclic amines) is 1. The number of ether oxygens (including phenoxy) is 1. The van der Waals surface area contributed by atoms with Crippen LogP contribution < -0.4 is 9.64 Å². The van der Waals surface area contributed by atoms with Gasteiger partial charge in [0.2, 0.25) is 11.8 Å². The number of nitrogens with zero attached hydrogens (tertiary/aromatic N) is 4. The van der Waals surface area contributed by atoms with Crippen molar-refractivity contribution >= 4 is 29.1 Å². The standard InChI is InChI=1S/C20H21ClN4O3/c21-15-4-6-16(7-5-15)25-12-14(11-18(25)26)19(27)24-10-1-3-17(13-24)28-20-22-8-2-9-23-20/h2,4-9,14,17H,1,3,10-13H2. The number of aromatic nitrogens is 2. The van der Waals surface area contributed by atoms with Gasteiger partial charge in [0.15, 0.2) is 0 Å². The van der Waals surface area contributed by atoms with E-state index in [2.05, 4.69) is 9.97 Å². The van der Waals surface area contributed by atoms with Crippen LogP contribution in [0.2, 0.25) is 5.02 Å². The zero-order valence-electron chi connectivity index (χ0n) is 15.3. The first-order valence-electron chi connectivity index (χ1n) is 9.38. The number of rotatable bonds is 4. The Morgan fingerprint density at radius 1 is 1.14 bits per heavy atom. The van der Waals surface area contributed by atoms with Crippen molar-refractivity contribution in [1.29, 1.82) is 0 Å². The molecule has 2 unspecified atom stereocenters. The Bertz CT molecular complexity index is 846. The fraction of sp³-hybridized carbons (Fsp3) is 0.400. The third-order valence-corrected chi connectivity index (χ3v) is 5.37. The SMILES string of the molecule is O=C(C1CC(=O)N(c2ccc(Cl)cc2)C1)N1CCCC(Oc2ncccn2)C1. The van der Waals surface area contributed by atoms with Crippen LogP contribution in [-0.2, 0) is 9.59 Å². The number of piperidine rings is 1. The average Bonchev–Trinajstić information content (AvgIpc) is 3.10. The molecule has 2 fully saturated rings. The van der Waals surface area contributed by atoms with E-state index >= 15 is 0 Å². The Morgan fingerprint density at radius 2 is 1.89 bits per heavy atom. The molecule has 2 aliphatic rings. The van der Waals surface area contributed by atoms with Gasteiger partial charge in [-0.1, -0.05) is 11.6 Å². The van der Waals surface area contributed by atoms with Crippen LogP contribution in [0.3, 0.4) is 0 Å². The van der Waals surface area contributed by atoms with E-state index in [4.69, 9.17) is 16.3 Å². The molecule has 1 aromatic heterocycles. The van der Waals surface area contributed by atoms with E-state index in [1.54, 1.807) is 52.5 Å². The Labute approximate surface area is 168 Å². The first kappa shape index (κ1) is 18.7. The molecule has 0 N–H and O–H groups in total. The number of amides is 2. The smallest absolute Gasteiger partial charge is 0.316 e. The van der Waals surface area contributed by atoms with Crippen molar-refractivity contribution in [2.24, 2.45) is 5.92 Å². The molecule has 28 heavy (non-hydrogen) atoms. The van der Waals surface area contributed by atoms with Gasteiger partial charge in [-0.05, 0) is 43.2 Å². The van der Waals surface area contributed by atoms with Crippen LogP contribution >= 0.6 is 11.6 Å². The summed E-state index contributed by atoms with van der Waals surface area (Å²) in [5.41, 5.74) is 0.769. The van der Waals surface area contributed by atoms with Crippen molar-refractivity contribution in [3.8, 4) is 6.01 Å². The lowest BCUT2D eigenvalue weighted by Crippen LogP contribution is -2.47. The predicted octanol–water partition coefficient (Wildman–Crippen LogP) is 2.55. The van der Waals surface area contributed by atoms with Crippen molar-refractivity contribution < 1.29 is 14.3 Å². The van der Waals surface area contributed by atoms with Crippen molar-refractivity contribution in [1.82, 2.24) is 14.9 Å². The molecule has 2 aromatic rings. The fourth-order valence-corrected chi connectivity index (χ4v) is 3.86. The average molecular weight is 401 g/mol. The molecule has 0 saturated carbocycles. The minimum atomic E-state index is -0.338. The molecule has 8 heteroatoms. The Morgan fingerprint density at radius 3 is 2.64 bits per heavy atom. The summed E-state index contributed by atoms with van der Waals surface area (Å²) in [5.74, 6) is -0.370. The second kappa shape index (κ2) is 8.14. The minimum Gasteiger partial charge on any atom is -0.458 e. The summed E-state index contributed by atoms with van der Waals surface area (Å²) >= 11 is 5.92. The van der Waals surface area contributed by atoms with Gasteiger partial charge in [-0.25, -0.2) is 9.97 Å². The van der Waals surface area contributed by atoms with Crippen molar-refractivity contribution in [2.75, 3.05) is 24.5 Å². The van der Waals surface area contributed by atoms with Gasteiger partial charge in [0.05, 0.1) is 12.5 Å². The summed E-state index contributed by atoms with van der Waals surface area (Å²) in [6, 6.07) is 9.16. The van der Waals surface area contributed by atoms with Crippen LogP contribution in [-0.4, -0.2) is 52.4 Å². The van der Waals surface area contributed by atoms with Gasteiger partial charge >= 0.3 is 6.01 Å². The van der Waals surface area contributed by atoms with Gasteiger partial charge in [0.25, 0.3) is 0 Å². The molecule has 0 aliphatic carbocycles. The van der Waals surface area contributed by atoms with Gasteiger partial charge in [-0.15, -0.1) is 0 Å². The highest BCUT2D eigenvalue weighted by Crippen LogP contribution is 2.28. The zero-order valence-corrected chi connectivity index (χ0v) is 16.1. The molecular formula is C20H21ClN4O3. The summed E-state index contributed by atoms with van der Waals surface area (Å²) in [6.07, 6.45) is 5.05. The highest BCUT2D eigenvalue weighted by atomic mass is 35.5. The summed E-state index contributed by atoms with van der Waals surface area (Å²) < 4.78 is 5.82. The van der Waals surface area contributed by atoms with E-state index in [1.807, 2.05) is 0 Å². The summed E-state index contributed by atoms with van der Waals surface area (Å²) in [4.78, 5) is 37.1. The first-order chi connectivity index (χ1) is 13.6. The molecule has 0 spiro atoms. The van der Waals surface area contributed by atoms with Crippen molar-refractivity contribution in [3.05, 3.63) is 47.7 Å². The third-order valence-electron chi connectivity index (χ3n) is 5.12. The van der Waals surface area contributed by atoms with Crippen LogP contribution in [0, 0.1) is 5.92 Å². The topological polar surface area (TPSA) is 75.6 Å². The van der Waals surface area contributed by atoms with E-state index < -0.39 is 0 Å². The molecule has 2 amide bonds. The molecule has 2 atom stereocenters. The molecule has 2 aliphatic heterocycles. The molecule has 4 rings (SSSR count). The van der Waals surface area contributed by atoms with E-state index in [9.17, 15) is 9.59 Å². The van der Waals surface area contributed by atoms with Crippen LogP contribution in [0.5, 0.6) is 6.01 Å². The number of benzene rings is 1. The number of carbonyl (C=O) groups is 2. The van der Waals surface area contributed by atoms with Crippen molar-refractivity contribution in [3.63, 3.8) is 0 Å². The highest BCUT2D eigenvalue weighted by molar-refractivity contribution is 6.30. The summed E-state index contributed by atoms with van der Waals surface area (Å²) in [6.45, 7) is 1.56. The fourth-order valence-electron chi connectivity index (χ4n) is 3.73. The summed E-state index contributed by atoms with van der Waals surface area (Å²) in [5, 5.41) is 0.616. The van der Waals surface area contributed by atoms with E-state index in [0.717, 1.165) is 18.5 Å². The Hall–Kier alpha value is -2.67. The highest BCUT2D eigenvalue weighted by Gasteiger charge is 2.38. The second-order valence-electron chi connectivity index (χ2n) is 7.08. The molecule has 1 aromatic carbocycles.